The first kappa shape index (κ1) is 36.0. The highest BCUT2D eigenvalue weighted by Gasteiger charge is 2.28. The molecule has 3 aromatic carbocycles. The van der Waals surface area contributed by atoms with Crippen molar-refractivity contribution in [2.75, 3.05) is 11.9 Å². The van der Waals surface area contributed by atoms with Gasteiger partial charge in [0.15, 0.2) is 0 Å². The van der Waals surface area contributed by atoms with Gasteiger partial charge in [-0.25, -0.2) is 9.59 Å². The molecular weight excluding hydrogens is 586 g/mol. The lowest BCUT2D eigenvalue weighted by Crippen LogP contribution is -2.17. The smallest absolute Gasteiger partial charge is 0.336 e. The van der Waals surface area contributed by atoms with Crippen LogP contribution in [-0.2, 0) is 9.59 Å². The highest BCUT2D eigenvalue weighted by Crippen LogP contribution is 2.36. The average molecular weight is 616 g/mol. The van der Waals surface area contributed by atoms with E-state index in [9.17, 15) is 39.4 Å². The molecule has 0 aromatic heterocycles. The lowest BCUT2D eigenvalue weighted by Gasteiger charge is -2.07. The molecule has 0 aliphatic heterocycles. The van der Waals surface area contributed by atoms with Crippen LogP contribution in [0.25, 0.3) is 0 Å². The molecule has 1 amide bonds. The van der Waals surface area contributed by atoms with Crippen LogP contribution in [0.4, 0.5) is 17.1 Å². The Morgan fingerprint density at radius 2 is 1.36 bits per heavy atom. The summed E-state index contributed by atoms with van der Waals surface area (Å²) in [5.41, 5.74) is -2.01. The number of phenols is 1. The Hall–Kier alpha value is -6.06. The molecule has 0 heterocycles. The van der Waals surface area contributed by atoms with Gasteiger partial charge in [0.05, 0.1) is 27.6 Å². The van der Waals surface area contributed by atoms with E-state index in [1.54, 1.807) is 26.0 Å². The Morgan fingerprint density at radius 1 is 0.818 bits per heavy atom. The molecule has 234 valence electrons. The number of rotatable bonds is 11. The van der Waals surface area contributed by atoms with Crippen molar-refractivity contribution in [1.82, 2.24) is 0 Å². The van der Waals surface area contributed by atoms with Crippen LogP contribution in [0.2, 0.25) is 0 Å². The monoisotopic (exact) mass is 615 g/mol. The van der Waals surface area contributed by atoms with Gasteiger partial charge in [-0.3, -0.25) is 29.8 Å². The highest BCUT2D eigenvalue weighted by atomic mass is 16.6. The predicted molar refractivity (Wildman–Crippen MR) is 154 cm³/mol. The predicted octanol–water partition coefficient (Wildman–Crippen LogP) is 4.82. The summed E-state index contributed by atoms with van der Waals surface area (Å²) in [5, 5.41) is 58.3. The molecule has 16 nitrogen and oxygen atoms in total. The van der Waals surface area contributed by atoms with Crippen LogP contribution >= 0.6 is 0 Å². The number of para-hydroxylation sites is 1. The number of carboxylic acids is 3. The SMILES string of the molecule is CC(C)C(=O)Nc1cccc(C(=O)O)c1.O=C(O)CCCOc1ccccc1.O=C(O)c1cc([N+](=O)[O-])c(O)c([N+](=O)[O-])c1. The van der Waals surface area contributed by atoms with Crippen molar-refractivity contribution in [3.63, 3.8) is 0 Å². The number of nitro benzene ring substituents is 2. The summed E-state index contributed by atoms with van der Waals surface area (Å²) in [6, 6.07) is 16.6. The van der Waals surface area contributed by atoms with Gasteiger partial charge in [-0.05, 0) is 36.8 Å². The number of anilines is 1. The Balaban J connectivity index is 0.000000332. The minimum absolute atomic E-state index is 0.126. The Labute approximate surface area is 249 Å². The van der Waals surface area contributed by atoms with E-state index in [1.807, 2.05) is 30.3 Å². The molecule has 0 aliphatic carbocycles. The van der Waals surface area contributed by atoms with Gasteiger partial charge in [-0.2, -0.15) is 0 Å². The van der Waals surface area contributed by atoms with Crippen LogP contribution < -0.4 is 10.1 Å². The van der Waals surface area contributed by atoms with Crippen LogP contribution in [0.1, 0.15) is 47.4 Å². The number of carboxylic acid groups (broad SMARTS) is 3. The number of nitrogens with zero attached hydrogens (tertiary/aromatic N) is 2. The molecule has 44 heavy (non-hydrogen) atoms. The van der Waals surface area contributed by atoms with Gasteiger partial charge in [0.25, 0.3) is 5.75 Å². The molecule has 0 unspecified atom stereocenters. The number of amides is 1. The first-order valence-electron chi connectivity index (χ1n) is 12.6. The van der Waals surface area contributed by atoms with E-state index >= 15 is 0 Å². The first-order valence-corrected chi connectivity index (χ1v) is 12.6. The number of hydrogen-bond donors (Lipinski definition) is 5. The van der Waals surface area contributed by atoms with E-state index in [1.165, 1.54) is 12.1 Å². The summed E-state index contributed by atoms with van der Waals surface area (Å²) in [7, 11) is 0. The number of carbonyl (C=O) groups excluding carboxylic acids is 1. The largest absolute Gasteiger partial charge is 0.497 e. The van der Waals surface area contributed by atoms with E-state index in [0.717, 1.165) is 5.75 Å². The molecule has 0 spiro atoms. The summed E-state index contributed by atoms with van der Waals surface area (Å²) < 4.78 is 5.29. The minimum Gasteiger partial charge on any atom is -0.497 e. The van der Waals surface area contributed by atoms with Crippen molar-refractivity contribution >= 4 is 40.9 Å². The Kier molecular flexibility index (Phi) is 14.5. The zero-order valence-electron chi connectivity index (χ0n) is 23.4. The van der Waals surface area contributed by atoms with Gasteiger partial charge in [0, 0.05) is 30.2 Å². The second kappa shape index (κ2) is 17.7. The standard InChI is InChI=1S/C11H13NO3.C10H12O3.C7H4N2O7/c1-7(2)10(13)12-9-5-3-4-8(6-9)11(14)15;11-10(12)7-4-8-13-9-5-2-1-3-6-9;10-6-4(8(13)14)1-3(7(11)12)2-5(6)9(15)16/h3-7H,1-2H3,(H,12,13)(H,14,15);1-3,5-6H,4,7-8H2,(H,11,12);1-2,10H,(H,11,12). The van der Waals surface area contributed by atoms with Crippen molar-refractivity contribution in [3.05, 3.63) is 98.1 Å². The van der Waals surface area contributed by atoms with Crippen LogP contribution in [-0.4, -0.2) is 60.7 Å². The molecule has 0 atom stereocenters. The van der Waals surface area contributed by atoms with E-state index < -0.39 is 50.4 Å². The molecule has 0 saturated carbocycles. The zero-order valence-corrected chi connectivity index (χ0v) is 23.4. The van der Waals surface area contributed by atoms with E-state index in [0.29, 0.717) is 30.8 Å². The maximum atomic E-state index is 11.3. The number of aromatic hydroxyl groups is 1. The van der Waals surface area contributed by atoms with E-state index in [2.05, 4.69) is 5.32 Å². The molecule has 0 fully saturated rings. The minimum atomic E-state index is -1.56. The molecule has 0 saturated heterocycles. The van der Waals surface area contributed by atoms with Crippen LogP contribution in [0.15, 0.2) is 66.7 Å². The van der Waals surface area contributed by atoms with Gasteiger partial charge < -0.3 is 30.5 Å². The number of hydrogen-bond acceptors (Lipinski definition) is 10. The molecule has 3 aromatic rings. The van der Waals surface area contributed by atoms with Crippen molar-refractivity contribution in [3.8, 4) is 11.5 Å². The van der Waals surface area contributed by atoms with E-state index in [-0.39, 0.29) is 23.8 Å². The van der Waals surface area contributed by atoms with Crippen molar-refractivity contribution in [2.45, 2.75) is 26.7 Å². The number of benzene rings is 3. The van der Waals surface area contributed by atoms with Gasteiger partial charge in [-0.1, -0.05) is 38.1 Å². The number of nitrogens with one attached hydrogen (secondary N) is 1. The molecule has 0 aliphatic rings. The third-order valence-corrected chi connectivity index (χ3v) is 5.16. The second-order valence-electron chi connectivity index (χ2n) is 8.87. The number of carbonyl (C=O) groups is 4. The maximum absolute atomic E-state index is 11.3. The van der Waals surface area contributed by atoms with Crippen molar-refractivity contribution < 1.29 is 54.2 Å². The molecule has 0 bridgehead atoms. The van der Waals surface area contributed by atoms with Crippen LogP contribution in [0.3, 0.4) is 0 Å². The molecule has 5 N–H and O–H groups in total. The fourth-order valence-electron chi connectivity index (χ4n) is 2.95. The highest BCUT2D eigenvalue weighted by molar-refractivity contribution is 5.94. The van der Waals surface area contributed by atoms with Gasteiger partial charge in [0.1, 0.15) is 5.75 Å². The number of ether oxygens (including phenoxy) is 1. The number of nitro groups is 2. The molecule has 3 rings (SSSR count). The number of aromatic carboxylic acids is 2. The van der Waals surface area contributed by atoms with Gasteiger partial charge in [-0.15, -0.1) is 0 Å². The zero-order chi connectivity index (χ0) is 33.4. The fraction of sp³-hybridized carbons (Fsp3) is 0.214. The third kappa shape index (κ3) is 12.6. The quantitative estimate of drug-likeness (QED) is 0.110. The molecule has 0 radical (unpaired) electrons. The first-order chi connectivity index (χ1) is 20.6. The van der Waals surface area contributed by atoms with Crippen molar-refractivity contribution in [1.29, 1.82) is 0 Å². The number of phenolic OH excluding ortho intramolecular Hbond substituents is 1. The summed E-state index contributed by atoms with van der Waals surface area (Å²) in [4.78, 5) is 61.3. The second-order valence-corrected chi connectivity index (χ2v) is 8.87. The summed E-state index contributed by atoms with van der Waals surface area (Å²) in [5.74, 6) is -3.98. The van der Waals surface area contributed by atoms with Gasteiger partial charge in [0.2, 0.25) is 5.91 Å². The summed E-state index contributed by atoms with van der Waals surface area (Å²) in [6.07, 6.45) is 0.705. The summed E-state index contributed by atoms with van der Waals surface area (Å²) in [6.45, 7) is 4.00. The lowest BCUT2D eigenvalue weighted by molar-refractivity contribution is -0.396. The Bertz CT molecular complexity index is 1460. The van der Waals surface area contributed by atoms with Gasteiger partial charge >= 0.3 is 29.3 Å². The molecular formula is C28H29N3O13. The molecule has 16 heteroatoms. The lowest BCUT2D eigenvalue weighted by atomic mass is 10.1. The topological polar surface area (TPSA) is 257 Å². The van der Waals surface area contributed by atoms with E-state index in [4.69, 9.17) is 25.2 Å². The van der Waals surface area contributed by atoms with Crippen molar-refractivity contribution in [2.24, 2.45) is 5.92 Å². The number of aliphatic carboxylic acids is 1. The maximum Gasteiger partial charge on any atom is 0.336 e. The summed E-state index contributed by atoms with van der Waals surface area (Å²) >= 11 is 0. The average Bonchev–Trinajstić information content (AvgIpc) is 2.96. The third-order valence-electron chi connectivity index (χ3n) is 5.16. The normalized spacial score (nSPS) is 9.80. The Morgan fingerprint density at radius 3 is 1.82 bits per heavy atom. The van der Waals surface area contributed by atoms with Crippen LogP contribution in [0, 0.1) is 26.1 Å². The van der Waals surface area contributed by atoms with Crippen LogP contribution in [0.5, 0.6) is 11.5 Å². The fourth-order valence-corrected chi connectivity index (χ4v) is 2.95.